The number of carbonyl (C=O) groups is 1. The molecule has 35 heavy (non-hydrogen) atoms. The van der Waals surface area contributed by atoms with Gasteiger partial charge in [0.2, 0.25) is 0 Å². The molecule has 1 fully saturated rings. The third-order valence-corrected chi connectivity index (χ3v) is 6.97. The molecule has 0 bridgehead atoms. The van der Waals surface area contributed by atoms with Crippen LogP contribution in [0.5, 0.6) is 11.5 Å². The summed E-state index contributed by atoms with van der Waals surface area (Å²) in [7, 11) is 0. The number of ether oxygens (including phenoxy) is 2. The molecule has 1 aliphatic heterocycles. The van der Waals surface area contributed by atoms with Gasteiger partial charge in [-0.2, -0.15) is 0 Å². The lowest BCUT2D eigenvalue weighted by molar-refractivity contribution is -0.113. The Morgan fingerprint density at radius 1 is 0.943 bits per heavy atom. The Bertz CT molecular complexity index is 1250. The zero-order chi connectivity index (χ0) is 25.0. The molecule has 3 aromatic carbocycles. The highest BCUT2D eigenvalue weighted by molar-refractivity contribution is 8.27. The van der Waals surface area contributed by atoms with Crippen LogP contribution in [-0.2, 0) is 10.2 Å². The van der Waals surface area contributed by atoms with Crippen LogP contribution in [0.1, 0.15) is 31.9 Å². The van der Waals surface area contributed by atoms with E-state index in [1.165, 1.54) is 22.2 Å². The van der Waals surface area contributed by atoms with Crippen LogP contribution in [-0.4, -0.2) is 23.4 Å². The van der Waals surface area contributed by atoms with Gasteiger partial charge in [-0.05, 0) is 59.5 Å². The largest absolute Gasteiger partial charge is 0.490 e. The van der Waals surface area contributed by atoms with E-state index in [4.69, 9.17) is 33.3 Å². The average molecular weight is 524 g/mol. The standard InChI is InChI=1S/C28H26ClNO3S2/c1-28(2,3)20-8-14-23(15-9-20)32-16-17-33-24-7-5-4-6-19(24)18-25-26(31)30(27(34)35-25)22-12-10-21(29)11-13-22/h4-15,18H,16-17H2,1-3H3/b25-18+. The normalized spacial score (nSPS) is 15.1. The summed E-state index contributed by atoms with van der Waals surface area (Å²) in [5.41, 5.74) is 2.86. The van der Waals surface area contributed by atoms with Gasteiger partial charge < -0.3 is 9.47 Å². The minimum atomic E-state index is -0.167. The van der Waals surface area contributed by atoms with Crippen molar-refractivity contribution >= 4 is 57.6 Å². The van der Waals surface area contributed by atoms with E-state index < -0.39 is 0 Å². The van der Waals surface area contributed by atoms with Crippen molar-refractivity contribution in [2.24, 2.45) is 0 Å². The van der Waals surface area contributed by atoms with Crippen LogP contribution in [0.3, 0.4) is 0 Å². The van der Waals surface area contributed by atoms with Crippen molar-refractivity contribution in [1.29, 1.82) is 0 Å². The van der Waals surface area contributed by atoms with Gasteiger partial charge in [-0.15, -0.1) is 0 Å². The number of halogens is 1. The fourth-order valence-corrected chi connectivity index (χ4v) is 4.93. The van der Waals surface area contributed by atoms with Gasteiger partial charge >= 0.3 is 0 Å². The van der Waals surface area contributed by atoms with Crippen LogP contribution in [0.4, 0.5) is 5.69 Å². The van der Waals surface area contributed by atoms with Gasteiger partial charge in [0.05, 0.1) is 10.6 Å². The number of nitrogens with zero attached hydrogens (tertiary/aromatic N) is 1. The van der Waals surface area contributed by atoms with E-state index >= 15 is 0 Å². The zero-order valence-corrected chi connectivity index (χ0v) is 22.2. The van der Waals surface area contributed by atoms with Crippen molar-refractivity contribution in [3.05, 3.63) is 93.9 Å². The van der Waals surface area contributed by atoms with Crippen LogP contribution in [0.15, 0.2) is 77.7 Å². The van der Waals surface area contributed by atoms with Crippen molar-refractivity contribution in [1.82, 2.24) is 0 Å². The topological polar surface area (TPSA) is 38.8 Å². The molecule has 0 radical (unpaired) electrons. The molecule has 0 saturated carbocycles. The first-order valence-electron chi connectivity index (χ1n) is 11.2. The fraction of sp³-hybridized carbons (Fsp3) is 0.214. The Hall–Kier alpha value is -2.80. The summed E-state index contributed by atoms with van der Waals surface area (Å²) < 4.78 is 12.3. The first-order valence-corrected chi connectivity index (χ1v) is 12.8. The number of para-hydroxylation sites is 1. The summed E-state index contributed by atoms with van der Waals surface area (Å²) in [6.07, 6.45) is 1.82. The summed E-state index contributed by atoms with van der Waals surface area (Å²) >= 11 is 12.7. The van der Waals surface area contributed by atoms with Crippen LogP contribution in [0, 0.1) is 0 Å². The molecule has 0 spiro atoms. The maximum absolute atomic E-state index is 13.1. The maximum atomic E-state index is 13.1. The van der Waals surface area contributed by atoms with Crippen LogP contribution >= 0.6 is 35.6 Å². The number of hydrogen-bond acceptors (Lipinski definition) is 5. The smallest absolute Gasteiger partial charge is 0.270 e. The Labute approximate surface area is 220 Å². The minimum Gasteiger partial charge on any atom is -0.490 e. The fourth-order valence-electron chi connectivity index (χ4n) is 3.52. The summed E-state index contributed by atoms with van der Waals surface area (Å²) in [5, 5.41) is 0.603. The number of amides is 1. The predicted molar refractivity (Wildman–Crippen MR) is 150 cm³/mol. The lowest BCUT2D eigenvalue weighted by atomic mass is 9.87. The first-order chi connectivity index (χ1) is 16.7. The Morgan fingerprint density at radius 3 is 2.29 bits per heavy atom. The van der Waals surface area contributed by atoms with Gasteiger partial charge in [-0.1, -0.05) is 86.7 Å². The lowest BCUT2D eigenvalue weighted by Gasteiger charge is -2.19. The third kappa shape index (κ3) is 6.26. The molecule has 4 rings (SSSR count). The van der Waals surface area contributed by atoms with Gasteiger partial charge in [-0.25, -0.2) is 0 Å². The molecule has 4 nitrogen and oxygen atoms in total. The molecule has 0 aromatic heterocycles. The summed E-state index contributed by atoms with van der Waals surface area (Å²) in [6, 6.07) is 22.8. The minimum absolute atomic E-state index is 0.106. The Morgan fingerprint density at radius 2 is 1.60 bits per heavy atom. The zero-order valence-electron chi connectivity index (χ0n) is 19.8. The number of carbonyl (C=O) groups excluding carboxylic acids is 1. The van der Waals surface area contributed by atoms with Crippen molar-refractivity contribution in [2.45, 2.75) is 26.2 Å². The van der Waals surface area contributed by atoms with E-state index in [2.05, 4.69) is 32.9 Å². The molecule has 1 heterocycles. The average Bonchev–Trinajstić information content (AvgIpc) is 3.10. The number of hydrogen-bond donors (Lipinski definition) is 0. The highest BCUT2D eigenvalue weighted by Crippen LogP contribution is 2.37. The second-order valence-electron chi connectivity index (χ2n) is 9.00. The number of rotatable bonds is 7. The first kappa shape index (κ1) is 25.3. The molecule has 7 heteroatoms. The molecular weight excluding hydrogens is 498 g/mol. The molecular formula is C28H26ClNO3S2. The molecule has 0 N–H and O–H groups in total. The van der Waals surface area contributed by atoms with E-state index in [0.717, 1.165) is 11.3 Å². The molecule has 3 aromatic rings. The highest BCUT2D eigenvalue weighted by atomic mass is 35.5. The quantitative estimate of drug-likeness (QED) is 0.182. The number of anilines is 1. The SMILES string of the molecule is CC(C)(C)c1ccc(OCCOc2ccccc2/C=C2/SC(=S)N(c3ccc(Cl)cc3)C2=O)cc1. The van der Waals surface area contributed by atoms with Crippen molar-refractivity contribution in [3.8, 4) is 11.5 Å². The number of thioether (sulfide) groups is 1. The molecule has 0 aliphatic carbocycles. The highest BCUT2D eigenvalue weighted by Gasteiger charge is 2.33. The van der Waals surface area contributed by atoms with Gasteiger partial charge in [0.1, 0.15) is 24.7 Å². The number of benzene rings is 3. The molecule has 1 amide bonds. The second-order valence-corrected chi connectivity index (χ2v) is 11.1. The second kappa shape index (κ2) is 10.9. The molecule has 0 unspecified atom stereocenters. The van der Waals surface area contributed by atoms with Crippen LogP contribution < -0.4 is 14.4 Å². The molecule has 0 atom stereocenters. The monoisotopic (exact) mass is 523 g/mol. The summed E-state index contributed by atoms with van der Waals surface area (Å²) in [5.74, 6) is 1.32. The van der Waals surface area contributed by atoms with Gasteiger partial charge in [-0.3, -0.25) is 9.69 Å². The lowest BCUT2D eigenvalue weighted by Crippen LogP contribution is -2.27. The Balaban J connectivity index is 1.40. The Kier molecular flexibility index (Phi) is 7.85. The van der Waals surface area contributed by atoms with Crippen LogP contribution in [0.2, 0.25) is 5.02 Å². The van der Waals surface area contributed by atoms with Crippen molar-refractivity contribution < 1.29 is 14.3 Å². The third-order valence-electron chi connectivity index (χ3n) is 5.41. The van der Waals surface area contributed by atoms with E-state index in [-0.39, 0.29) is 11.3 Å². The number of thiocarbonyl (C=S) groups is 1. The molecule has 1 saturated heterocycles. The van der Waals surface area contributed by atoms with Gasteiger partial charge in [0.15, 0.2) is 4.32 Å². The van der Waals surface area contributed by atoms with E-state index in [1.54, 1.807) is 24.3 Å². The van der Waals surface area contributed by atoms with E-state index in [0.29, 0.717) is 38.9 Å². The summed E-state index contributed by atoms with van der Waals surface area (Å²) in [4.78, 5) is 15.1. The van der Waals surface area contributed by atoms with E-state index in [1.807, 2.05) is 42.5 Å². The molecule has 180 valence electrons. The van der Waals surface area contributed by atoms with Gasteiger partial charge in [0, 0.05) is 10.6 Å². The van der Waals surface area contributed by atoms with Crippen molar-refractivity contribution in [2.75, 3.05) is 18.1 Å². The van der Waals surface area contributed by atoms with E-state index in [9.17, 15) is 4.79 Å². The maximum Gasteiger partial charge on any atom is 0.270 e. The van der Waals surface area contributed by atoms with Crippen LogP contribution in [0.25, 0.3) is 6.08 Å². The predicted octanol–water partition coefficient (Wildman–Crippen LogP) is 7.50. The van der Waals surface area contributed by atoms with Crippen molar-refractivity contribution in [3.63, 3.8) is 0 Å². The molecule has 1 aliphatic rings. The summed E-state index contributed by atoms with van der Waals surface area (Å²) in [6.45, 7) is 7.33. The van der Waals surface area contributed by atoms with Gasteiger partial charge in [0.25, 0.3) is 5.91 Å².